The van der Waals surface area contributed by atoms with Gasteiger partial charge >= 0.3 is 0 Å². The molecule has 0 aliphatic heterocycles. The molecule has 7 nitrogen and oxygen atoms in total. The number of nitrogens with one attached hydrogen (secondary N) is 3. The zero-order valence-corrected chi connectivity index (χ0v) is 24.0. The molecule has 41 heavy (non-hydrogen) atoms. The summed E-state index contributed by atoms with van der Waals surface area (Å²) in [7, 11) is 1.52. The van der Waals surface area contributed by atoms with Crippen LogP contribution in [0.5, 0.6) is 5.75 Å². The van der Waals surface area contributed by atoms with Gasteiger partial charge in [0, 0.05) is 21.2 Å². The van der Waals surface area contributed by atoms with E-state index in [0.29, 0.717) is 27.7 Å². The predicted octanol–water partition coefficient (Wildman–Crippen LogP) is 6.80. The summed E-state index contributed by atoms with van der Waals surface area (Å²) in [6.45, 7) is 1.93. The zero-order chi connectivity index (χ0) is 29.2. The average Bonchev–Trinajstić information content (AvgIpc) is 2.98. The molecule has 0 aromatic heterocycles. The number of hydrogen-bond donors (Lipinski definition) is 3. The molecule has 0 spiro atoms. The zero-order valence-electron chi connectivity index (χ0n) is 22.4. The SMILES string of the molecule is COc1ccc(Cl)cc1NC(=O)CSc1ccc(NC(=O)/C(=C/c2ccccc2C)NC(=O)c2ccccc2)cc1. The molecule has 0 saturated heterocycles. The van der Waals surface area contributed by atoms with Gasteiger partial charge in [-0.15, -0.1) is 11.8 Å². The second-order valence-electron chi connectivity index (χ2n) is 8.89. The highest BCUT2D eigenvalue weighted by atomic mass is 35.5. The topological polar surface area (TPSA) is 96.5 Å². The highest BCUT2D eigenvalue weighted by Gasteiger charge is 2.16. The molecule has 0 fully saturated rings. The monoisotopic (exact) mass is 585 g/mol. The standard InChI is InChI=1S/C32H28ClN3O4S/c1-21-8-6-7-11-23(21)18-28(36-31(38)22-9-4-3-5-10-22)32(39)34-25-13-15-26(16-14-25)41-20-30(37)35-27-19-24(33)12-17-29(27)40-2/h3-19H,20H2,1-2H3,(H,34,39)(H,35,37)(H,36,38)/b28-18-. The smallest absolute Gasteiger partial charge is 0.272 e. The number of carbonyl (C=O) groups excluding carboxylic acids is 3. The Morgan fingerprint density at radius 2 is 1.59 bits per heavy atom. The van der Waals surface area contributed by atoms with Crippen molar-refractivity contribution in [3.05, 3.63) is 124 Å². The number of rotatable bonds is 10. The molecule has 0 saturated carbocycles. The Morgan fingerprint density at radius 1 is 0.878 bits per heavy atom. The first kappa shape index (κ1) is 29.5. The van der Waals surface area contributed by atoms with E-state index in [4.69, 9.17) is 16.3 Å². The molecule has 208 valence electrons. The second-order valence-corrected chi connectivity index (χ2v) is 10.4. The van der Waals surface area contributed by atoms with E-state index in [-0.39, 0.29) is 23.3 Å². The molecule has 3 N–H and O–H groups in total. The summed E-state index contributed by atoms with van der Waals surface area (Å²) in [6, 6.07) is 28.4. The summed E-state index contributed by atoms with van der Waals surface area (Å²) in [5, 5.41) is 8.89. The van der Waals surface area contributed by atoms with E-state index in [0.717, 1.165) is 16.0 Å². The van der Waals surface area contributed by atoms with Crippen molar-refractivity contribution in [2.24, 2.45) is 0 Å². The quantitative estimate of drug-likeness (QED) is 0.140. The molecule has 3 amide bonds. The van der Waals surface area contributed by atoms with Gasteiger partial charge in [0.2, 0.25) is 5.91 Å². The predicted molar refractivity (Wildman–Crippen MR) is 165 cm³/mol. The maximum Gasteiger partial charge on any atom is 0.272 e. The minimum absolute atomic E-state index is 0.111. The minimum atomic E-state index is -0.465. The summed E-state index contributed by atoms with van der Waals surface area (Å²) >= 11 is 7.38. The summed E-state index contributed by atoms with van der Waals surface area (Å²) in [5.41, 5.74) is 3.36. The van der Waals surface area contributed by atoms with E-state index in [1.54, 1.807) is 72.8 Å². The minimum Gasteiger partial charge on any atom is -0.495 e. The molecule has 0 heterocycles. The van der Waals surface area contributed by atoms with Crippen molar-refractivity contribution in [1.82, 2.24) is 5.32 Å². The number of carbonyl (C=O) groups is 3. The lowest BCUT2D eigenvalue weighted by Crippen LogP contribution is -2.30. The lowest BCUT2D eigenvalue weighted by atomic mass is 10.1. The lowest BCUT2D eigenvalue weighted by molar-refractivity contribution is -0.114. The first-order chi connectivity index (χ1) is 19.8. The van der Waals surface area contributed by atoms with Gasteiger partial charge in [-0.1, -0.05) is 54.1 Å². The third-order valence-corrected chi connectivity index (χ3v) is 7.18. The number of benzene rings is 4. The number of aryl methyl sites for hydroxylation is 1. The lowest BCUT2D eigenvalue weighted by Gasteiger charge is -2.13. The summed E-state index contributed by atoms with van der Waals surface area (Å²) in [6.07, 6.45) is 1.66. The van der Waals surface area contributed by atoms with Crippen molar-refractivity contribution in [2.75, 3.05) is 23.5 Å². The van der Waals surface area contributed by atoms with Crippen LogP contribution in [0, 0.1) is 6.92 Å². The Kier molecular flexibility index (Phi) is 10.2. The van der Waals surface area contributed by atoms with Crippen LogP contribution in [0.2, 0.25) is 5.02 Å². The van der Waals surface area contributed by atoms with Crippen molar-refractivity contribution in [3.63, 3.8) is 0 Å². The molecule has 4 rings (SSSR count). The molecule has 0 bridgehead atoms. The maximum absolute atomic E-state index is 13.3. The van der Waals surface area contributed by atoms with Gasteiger partial charge in [0.15, 0.2) is 0 Å². The van der Waals surface area contributed by atoms with Crippen LogP contribution in [-0.2, 0) is 9.59 Å². The largest absolute Gasteiger partial charge is 0.495 e. The highest BCUT2D eigenvalue weighted by molar-refractivity contribution is 8.00. The Morgan fingerprint density at radius 3 is 2.29 bits per heavy atom. The Hall–Kier alpha value is -4.53. The van der Waals surface area contributed by atoms with Crippen molar-refractivity contribution < 1.29 is 19.1 Å². The number of amides is 3. The Balaban J connectivity index is 1.41. The van der Waals surface area contributed by atoms with E-state index in [2.05, 4.69) is 16.0 Å². The van der Waals surface area contributed by atoms with Crippen LogP contribution in [0.25, 0.3) is 6.08 Å². The Labute approximate surface area is 248 Å². The highest BCUT2D eigenvalue weighted by Crippen LogP contribution is 2.28. The van der Waals surface area contributed by atoms with Gasteiger partial charge < -0.3 is 20.7 Å². The van der Waals surface area contributed by atoms with Crippen LogP contribution >= 0.6 is 23.4 Å². The molecule has 9 heteroatoms. The van der Waals surface area contributed by atoms with Crippen molar-refractivity contribution in [2.45, 2.75) is 11.8 Å². The van der Waals surface area contributed by atoms with Crippen LogP contribution in [0.4, 0.5) is 11.4 Å². The van der Waals surface area contributed by atoms with Crippen LogP contribution in [0.3, 0.4) is 0 Å². The van der Waals surface area contributed by atoms with Crippen LogP contribution in [0.15, 0.2) is 108 Å². The second kappa shape index (κ2) is 14.2. The van der Waals surface area contributed by atoms with Gasteiger partial charge in [0.25, 0.3) is 11.8 Å². The number of anilines is 2. The first-order valence-electron chi connectivity index (χ1n) is 12.6. The average molecular weight is 586 g/mol. The molecule has 0 radical (unpaired) electrons. The molecule has 0 unspecified atom stereocenters. The molecule has 4 aromatic carbocycles. The van der Waals surface area contributed by atoms with E-state index in [1.807, 2.05) is 37.3 Å². The van der Waals surface area contributed by atoms with Gasteiger partial charge in [-0.3, -0.25) is 14.4 Å². The maximum atomic E-state index is 13.3. The number of halogens is 1. The third-order valence-electron chi connectivity index (χ3n) is 5.93. The van der Waals surface area contributed by atoms with Crippen molar-refractivity contribution >= 4 is 58.5 Å². The van der Waals surface area contributed by atoms with E-state index in [1.165, 1.54) is 18.9 Å². The van der Waals surface area contributed by atoms with Crippen LogP contribution in [0.1, 0.15) is 21.5 Å². The van der Waals surface area contributed by atoms with Crippen molar-refractivity contribution in [1.29, 1.82) is 0 Å². The third kappa shape index (κ3) is 8.48. The number of thioether (sulfide) groups is 1. The van der Waals surface area contributed by atoms with Gasteiger partial charge in [0.1, 0.15) is 11.4 Å². The molecule has 4 aromatic rings. The van der Waals surface area contributed by atoms with E-state index in [9.17, 15) is 14.4 Å². The molecular formula is C32H28ClN3O4S. The summed E-state index contributed by atoms with van der Waals surface area (Å²) < 4.78 is 5.27. The molecule has 0 aliphatic rings. The first-order valence-corrected chi connectivity index (χ1v) is 14.0. The van der Waals surface area contributed by atoms with E-state index >= 15 is 0 Å². The fourth-order valence-electron chi connectivity index (χ4n) is 3.79. The number of ether oxygens (including phenoxy) is 1. The van der Waals surface area contributed by atoms with E-state index < -0.39 is 5.91 Å². The fourth-order valence-corrected chi connectivity index (χ4v) is 4.66. The van der Waals surface area contributed by atoms with Gasteiger partial charge in [-0.05, 0) is 78.7 Å². The van der Waals surface area contributed by atoms with Crippen LogP contribution in [-0.4, -0.2) is 30.6 Å². The summed E-state index contributed by atoms with van der Waals surface area (Å²) in [4.78, 5) is 39.4. The fraction of sp³-hybridized carbons (Fsp3) is 0.0938. The summed E-state index contributed by atoms with van der Waals surface area (Å²) in [5.74, 6) is -0.388. The van der Waals surface area contributed by atoms with Crippen LogP contribution < -0.4 is 20.7 Å². The van der Waals surface area contributed by atoms with Gasteiger partial charge in [0.05, 0.1) is 18.6 Å². The van der Waals surface area contributed by atoms with Gasteiger partial charge in [-0.2, -0.15) is 0 Å². The molecular weight excluding hydrogens is 558 g/mol. The number of methoxy groups -OCH3 is 1. The molecule has 0 atom stereocenters. The normalized spacial score (nSPS) is 11.0. The Bertz CT molecular complexity index is 1570. The van der Waals surface area contributed by atoms with Crippen molar-refractivity contribution in [3.8, 4) is 5.75 Å². The molecule has 0 aliphatic carbocycles. The number of hydrogen-bond acceptors (Lipinski definition) is 5. The van der Waals surface area contributed by atoms with Gasteiger partial charge in [-0.25, -0.2) is 0 Å².